The topological polar surface area (TPSA) is 110 Å². The van der Waals surface area contributed by atoms with Crippen LogP contribution in [0.4, 0.5) is 0 Å². The number of hydrogen-bond donors (Lipinski definition) is 5. The molecular weight excluding hydrogens is 504 g/mol. The van der Waals surface area contributed by atoms with Crippen LogP contribution in [-0.2, 0) is 4.74 Å². The molecule has 0 spiro atoms. The highest BCUT2D eigenvalue weighted by atomic mass is 79.9. The summed E-state index contributed by atoms with van der Waals surface area (Å²) in [6.45, 7) is 23.0. The molecule has 0 radical (unpaired) electrons. The first kappa shape index (κ1) is 30.1. The van der Waals surface area contributed by atoms with Gasteiger partial charge in [0.2, 0.25) is 0 Å². The van der Waals surface area contributed by atoms with E-state index < -0.39 is 66.1 Å². The maximum Gasteiger partial charge on any atom is 0.183 e. The van der Waals surface area contributed by atoms with E-state index in [9.17, 15) is 25.5 Å². The van der Waals surface area contributed by atoms with Crippen molar-refractivity contribution in [3.05, 3.63) is 0 Å². The van der Waals surface area contributed by atoms with Crippen molar-refractivity contribution < 1.29 is 30.3 Å². The molecule has 6 atom stereocenters. The summed E-state index contributed by atoms with van der Waals surface area (Å²) >= 11 is 0. The van der Waals surface area contributed by atoms with Crippen molar-refractivity contribution in [3.8, 4) is 0 Å². The van der Waals surface area contributed by atoms with Crippen molar-refractivity contribution in [1.29, 1.82) is 0 Å². The fraction of sp³-hybridized carbons (Fsp3) is 1.00. The second-order valence-electron chi connectivity index (χ2n) is 12.7. The zero-order chi connectivity index (χ0) is 22.9. The van der Waals surface area contributed by atoms with Crippen molar-refractivity contribution in [2.75, 3.05) is 0 Å². The second kappa shape index (κ2) is 8.15. The molecule has 0 aromatic heterocycles. The SMILES string of the molecule is Br.C[Si](C)(C)C(O)[C@H]1O[C@H](O)[C@@](O)([Si](C)(C)C)[C@](O)([Si](C)(C)C)[C@@]1(O)[Si](C)(C)C. The maximum absolute atomic E-state index is 12.5. The van der Waals surface area contributed by atoms with E-state index >= 15 is 0 Å². The minimum absolute atomic E-state index is 0. The molecule has 6 nitrogen and oxygen atoms in total. The number of rotatable bonds is 5. The molecular formula is C18H45BrO6Si4. The Morgan fingerprint density at radius 2 is 1.03 bits per heavy atom. The van der Waals surface area contributed by atoms with Crippen molar-refractivity contribution in [2.24, 2.45) is 0 Å². The lowest BCUT2D eigenvalue weighted by Crippen LogP contribution is -2.96. The summed E-state index contributed by atoms with van der Waals surface area (Å²) in [7, 11) is -10.4. The van der Waals surface area contributed by atoms with E-state index in [1.807, 2.05) is 78.6 Å². The third-order valence-electron chi connectivity index (χ3n) is 6.69. The van der Waals surface area contributed by atoms with Gasteiger partial charge in [-0.05, 0) is 0 Å². The molecule has 0 saturated carbocycles. The van der Waals surface area contributed by atoms with E-state index in [1.54, 1.807) is 0 Å². The monoisotopic (exact) mass is 548 g/mol. The van der Waals surface area contributed by atoms with Crippen molar-refractivity contribution in [2.45, 2.75) is 112 Å². The average Bonchev–Trinajstić information content (AvgIpc) is 2.43. The quantitative estimate of drug-likeness (QED) is 0.337. The van der Waals surface area contributed by atoms with Gasteiger partial charge in [-0.15, -0.1) is 17.0 Å². The van der Waals surface area contributed by atoms with Crippen molar-refractivity contribution in [3.63, 3.8) is 0 Å². The van der Waals surface area contributed by atoms with Crippen LogP contribution in [0.1, 0.15) is 0 Å². The summed E-state index contributed by atoms with van der Waals surface area (Å²) < 4.78 is 5.92. The summed E-state index contributed by atoms with van der Waals surface area (Å²) in [6.07, 6.45) is -2.84. The molecule has 0 aromatic rings. The van der Waals surface area contributed by atoms with Crippen LogP contribution in [0.5, 0.6) is 0 Å². The lowest BCUT2D eigenvalue weighted by Gasteiger charge is -2.70. The first-order valence-electron chi connectivity index (χ1n) is 10.1. The molecule has 29 heavy (non-hydrogen) atoms. The highest BCUT2D eigenvalue weighted by Crippen LogP contribution is 2.56. The molecule has 1 unspecified atom stereocenters. The van der Waals surface area contributed by atoms with Gasteiger partial charge in [-0.1, -0.05) is 78.6 Å². The van der Waals surface area contributed by atoms with Gasteiger partial charge in [0.25, 0.3) is 0 Å². The van der Waals surface area contributed by atoms with Gasteiger partial charge in [0.15, 0.2) is 6.29 Å². The predicted molar refractivity (Wildman–Crippen MR) is 135 cm³/mol. The summed E-state index contributed by atoms with van der Waals surface area (Å²) in [6, 6.07) is 0. The van der Waals surface area contributed by atoms with Crippen LogP contribution in [0.3, 0.4) is 0 Å². The highest BCUT2D eigenvalue weighted by Gasteiger charge is 2.81. The Morgan fingerprint density at radius 3 is 1.28 bits per heavy atom. The number of aliphatic hydroxyl groups excluding tert-OH is 2. The lowest BCUT2D eigenvalue weighted by molar-refractivity contribution is -0.340. The van der Waals surface area contributed by atoms with Gasteiger partial charge in [-0.25, -0.2) is 0 Å². The number of aliphatic hydroxyl groups is 5. The number of hydrogen-bond acceptors (Lipinski definition) is 6. The van der Waals surface area contributed by atoms with E-state index in [-0.39, 0.29) is 17.0 Å². The molecule has 0 aliphatic carbocycles. The summed E-state index contributed by atoms with van der Waals surface area (Å²) in [5, 5.41) is 53.4. The number of ether oxygens (including phenoxy) is 1. The molecule has 1 aliphatic rings. The van der Waals surface area contributed by atoms with Crippen LogP contribution in [0, 0.1) is 0 Å². The van der Waals surface area contributed by atoms with Gasteiger partial charge in [0, 0.05) is 0 Å². The number of halogens is 1. The Balaban J connectivity index is 0.00000784. The Kier molecular flexibility index (Phi) is 8.46. The first-order valence-corrected chi connectivity index (χ1v) is 24.2. The van der Waals surface area contributed by atoms with Crippen molar-refractivity contribution >= 4 is 49.3 Å². The van der Waals surface area contributed by atoms with Crippen LogP contribution >= 0.6 is 17.0 Å². The van der Waals surface area contributed by atoms with Gasteiger partial charge in [0.1, 0.15) is 21.8 Å². The normalized spacial score (nSPS) is 38.4. The van der Waals surface area contributed by atoms with Gasteiger partial charge < -0.3 is 30.3 Å². The van der Waals surface area contributed by atoms with Crippen LogP contribution in [0.25, 0.3) is 0 Å². The molecule has 1 heterocycles. The summed E-state index contributed by atoms with van der Waals surface area (Å²) in [4.78, 5) is 0. The van der Waals surface area contributed by atoms with E-state index in [2.05, 4.69) is 0 Å². The molecule has 5 N–H and O–H groups in total. The second-order valence-corrected chi connectivity index (χ2v) is 33.8. The third-order valence-corrected chi connectivity index (χ3v) is 18.0. The van der Waals surface area contributed by atoms with Gasteiger partial charge in [0.05, 0.1) is 38.0 Å². The molecule has 1 saturated heterocycles. The van der Waals surface area contributed by atoms with Gasteiger partial charge >= 0.3 is 0 Å². The summed E-state index contributed by atoms with van der Waals surface area (Å²) in [5.74, 6) is 0. The van der Waals surface area contributed by atoms with Gasteiger partial charge in [-0.3, -0.25) is 0 Å². The Hall–Kier alpha value is 1.11. The molecule has 1 aliphatic heterocycles. The van der Waals surface area contributed by atoms with Gasteiger partial charge in [-0.2, -0.15) is 0 Å². The lowest BCUT2D eigenvalue weighted by atomic mass is 9.95. The van der Waals surface area contributed by atoms with Crippen LogP contribution in [-0.4, -0.2) is 91.6 Å². The molecule has 1 fully saturated rings. The minimum Gasteiger partial charge on any atom is -0.394 e. The largest absolute Gasteiger partial charge is 0.394 e. The molecule has 0 amide bonds. The van der Waals surface area contributed by atoms with Crippen LogP contribution in [0.15, 0.2) is 0 Å². The van der Waals surface area contributed by atoms with E-state index in [0.29, 0.717) is 0 Å². The maximum atomic E-state index is 12.5. The third kappa shape index (κ3) is 4.11. The molecule has 176 valence electrons. The Labute approximate surface area is 191 Å². The Morgan fingerprint density at radius 1 is 0.690 bits per heavy atom. The Bertz CT molecular complexity index is 597. The molecule has 11 heteroatoms. The van der Waals surface area contributed by atoms with Crippen LogP contribution < -0.4 is 0 Å². The zero-order valence-electron chi connectivity index (χ0n) is 20.3. The fourth-order valence-electron chi connectivity index (χ4n) is 4.79. The molecule has 0 aromatic carbocycles. The zero-order valence-corrected chi connectivity index (χ0v) is 26.0. The molecule has 1 rings (SSSR count). The fourth-order valence-corrected chi connectivity index (χ4v) is 17.8. The van der Waals surface area contributed by atoms with Crippen molar-refractivity contribution in [1.82, 2.24) is 0 Å². The first-order chi connectivity index (χ1) is 11.9. The molecule has 0 bridgehead atoms. The average molecular weight is 550 g/mol. The highest BCUT2D eigenvalue weighted by molar-refractivity contribution is 8.93. The standard InChI is InChI=1S/C18H44O6Si4.BrH/c1-25(2,3)14(19)13-16(21,26(4,5)6)18(23,28(10,11)12)17(22,15(20)24-13)27(7,8)9;/h13-15,19-23H,1-12H3;1H/t13-,14?,15+,16+,17-,18-;/m1./s1. The minimum atomic E-state index is -2.77. The smallest absolute Gasteiger partial charge is 0.183 e. The van der Waals surface area contributed by atoms with E-state index in [1.165, 1.54) is 0 Å². The summed E-state index contributed by atoms with van der Waals surface area (Å²) in [5.41, 5.74) is -1.01. The predicted octanol–water partition coefficient (Wildman–Crippen LogP) is 2.35. The van der Waals surface area contributed by atoms with E-state index in [4.69, 9.17) is 4.74 Å². The van der Waals surface area contributed by atoms with Crippen LogP contribution in [0.2, 0.25) is 78.6 Å². The van der Waals surface area contributed by atoms with E-state index in [0.717, 1.165) is 0 Å².